The Morgan fingerprint density at radius 1 is 1.17 bits per heavy atom. The first kappa shape index (κ1) is 17.7. The van der Waals surface area contributed by atoms with E-state index >= 15 is 0 Å². The predicted molar refractivity (Wildman–Crippen MR) is 82.7 cm³/mol. The molecule has 24 heavy (non-hydrogen) atoms. The lowest BCUT2D eigenvalue weighted by Gasteiger charge is -2.10. The van der Waals surface area contributed by atoms with Gasteiger partial charge in [0, 0.05) is 16.6 Å². The number of nitrogens with one attached hydrogen (secondary N) is 1. The summed E-state index contributed by atoms with van der Waals surface area (Å²) in [5, 5.41) is 20.8. The van der Waals surface area contributed by atoms with Gasteiger partial charge < -0.3 is 20.3 Å². The molecule has 2 rings (SSSR count). The largest absolute Gasteiger partial charge is 0.508 e. The summed E-state index contributed by atoms with van der Waals surface area (Å²) in [5.74, 6) is -4.48. The first-order valence-electron chi connectivity index (χ1n) is 6.41. The van der Waals surface area contributed by atoms with E-state index in [1.807, 2.05) is 0 Å². The molecule has 6 nitrogen and oxygen atoms in total. The Hall–Kier alpha value is -2.68. The fourth-order valence-electron chi connectivity index (χ4n) is 1.74. The van der Waals surface area contributed by atoms with E-state index in [1.165, 1.54) is 0 Å². The fourth-order valence-corrected chi connectivity index (χ4v) is 2.25. The number of halogens is 3. The molecule has 0 aliphatic heterocycles. The van der Waals surface area contributed by atoms with Crippen LogP contribution in [0.3, 0.4) is 0 Å². The molecule has 0 aliphatic carbocycles. The molecule has 0 aromatic heterocycles. The second kappa shape index (κ2) is 7.26. The minimum absolute atomic E-state index is 0.0177. The van der Waals surface area contributed by atoms with E-state index in [2.05, 4.69) is 26.0 Å². The van der Waals surface area contributed by atoms with Crippen molar-refractivity contribution < 1.29 is 33.3 Å². The molecule has 3 N–H and O–H groups in total. The van der Waals surface area contributed by atoms with Crippen LogP contribution < -0.4 is 5.32 Å². The molecule has 0 heterocycles. The van der Waals surface area contributed by atoms with Gasteiger partial charge in [0.25, 0.3) is 5.91 Å². The normalized spacial score (nSPS) is 10.3. The SMILES string of the molecule is O=C(COC(=O)c1ccc(O)cc1O)Nc1c(F)cc(F)cc1Br. The molecule has 0 bridgehead atoms. The quantitative estimate of drug-likeness (QED) is 0.684. The van der Waals surface area contributed by atoms with Gasteiger partial charge in [0.2, 0.25) is 0 Å². The maximum absolute atomic E-state index is 13.6. The lowest BCUT2D eigenvalue weighted by Crippen LogP contribution is -2.21. The van der Waals surface area contributed by atoms with Gasteiger partial charge in [-0.15, -0.1) is 0 Å². The van der Waals surface area contributed by atoms with Crippen LogP contribution in [-0.2, 0) is 9.53 Å². The summed E-state index contributed by atoms with van der Waals surface area (Å²) >= 11 is 2.90. The van der Waals surface area contributed by atoms with Gasteiger partial charge in [0.05, 0.1) is 5.69 Å². The maximum Gasteiger partial charge on any atom is 0.342 e. The van der Waals surface area contributed by atoms with Gasteiger partial charge in [-0.3, -0.25) is 4.79 Å². The molecule has 0 atom stereocenters. The molecule has 9 heteroatoms. The highest BCUT2D eigenvalue weighted by atomic mass is 79.9. The molecule has 0 fully saturated rings. The number of amides is 1. The van der Waals surface area contributed by atoms with Gasteiger partial charge in [0.1, 0.15) is 22.9 Å². The Bertz CT molecular complexity index is 789. The number of ether oxygens (including phenoxy) is 1. The molecule has 0 saturated heterocycles. The second-order valence-electron chi connectivity index (χ2n) is 4.57. The first-order valence-corrected chi connectivity index (χ1v) is 7.20. The van der Waals surface area contributed by atoms with E-state index in [-0.39, 0.29) is 21.5 Å². The van der Waals surface area contributed by atoms with Crippen LogP contribution in [0.15, 0.2) is 34.8 Å². The number of benzene rings is 2. The van der Waals surface area contributed by atoms with Crippen LogP contribution in [0.4, 0.5) is 14.5 Å². The van der Waals surface area contributed by atoms with Crippen molar-refractivity contribution in [3.8, 4) is 11.5 Å². The third-order valence-electron chi connectivity index (χ3n) is 2.81. The zero-order valence-corrected chi connectivity index (χ0v) is 13.4. The third-order valence-corrected chi connectivity index (χ3v) is 3.43. The number of esters is 1. The van der Waals surface area contributed by atoms with Crippen LogP contribution in [0.25, 0.3) is 0 Å². The second-order valence-corrected chi connectivity index (χ2v) is 5.42. The van der Waals surface area contributed by atoms with Crippen molar-refractivity contribution in [3.05, 3.63) is 52.0 Å². The summed E-state index contributed by atoms with van der Waals surface area (Å²) in [5.41, 5.74) is -0.556. The molecule has 0 saturated carbocycles. The summed E-state index contributed by atoms with van der Waals surface area (Å²) in [7, 11) is 0. The van der Waals surface area contributed by atoms with Crippen molar-refractivity contribution in [1.29, 1.82) is 0 Å². The van der Waals surface area contributed by atoms with Crippen LogP contribution in [-0.4, -0.2) is 28.7 Å². The molecular weight excluding hydrogens is 392 g/mol. The van der Waals surface area contributed by atoms with Gasteiger partial charge in [-0.2, -0.15) is 0 Å². The number of rotatable bonds is 4. The molecule has 126 valence electrons. The van der Waals surface area contributed by atoms with Crippen molar-refractivity contribution in [3.63, 3.8) is 0 Å². The summed E-state index contributed by atoms with van der Waals surface area (Å²) in [6.45, 7) is -0.762. The topological polar surface area (TPSA) is 95.9 Å². The zero-order chi connectivity index (χ0) is 17.9. The Morgan fingerprint density at radius 2 is 1.88 bits per heavy atom. The zero-order valence-electron chi connectivity index (χ0n) is 11.8. The van der Waals surface area contributed by atoms with Crippen LogP contribution in [0.5, 0.6) is 11.5 Å². The number of anilines is 1. The number of aromatic hydroxyl groups is 2. The van der Waals surface area contributed by atoms with Crippen molar-refractivity contribution in [2.75, 3.05) is 11.9 Å². The Morgan fingerprint density at radius 3 is 2.50 bits per heavy atom. The monoisotopic (exact) mass is 401 g/mol. The van der Waals surface area contributed by atoms with Crippen molar-refractivity contribution in [2.45, 2.75) is 0 Å². The number of hydrogen-bond acceptors (Lipinski definition) is 5. The fraction of sp³-hybridized carbons (Fsp3) is 0.0667. The van der Waals surface area contributed by atoms with Gasteiger partial charge in [0.15, 0.2) is 12.4 Å². The lowest BCUT2D eigenvalue weighted by molar-refractivity contribution is -0.119. The van der Waals surface area contributed by atoms with Crippen molar-refractivity contribution in [2.24, 2.45) is 0 Å². The molecule has 0 spiro atoms. The van der Waals surface area contributed by atoms with E-state index in [9.17, 15) is 23.5 Å². The average Bonchev–Trinajstić information content (AvgIpc) is 2.48. The number of phenolic OH excluding ortho intramolecular Hbond substituents is 2. The standard InChI is InChI=1S/C15H10BrF2NO5/c16-10-3-7(17)4-11(18)14(10)19-13(22)6-24-15(23)9-2-1-8(20)5-12(9)21/h1-5,20-21H,6H2,(H,19,22). The summed E-state index contributed by atoms with van der Waals surface area (Å²) in [6.07, 6.45) is 0. The van der Waals surface area contributed by atoms with Crippen molar-refractivity contribution in [1.82, 2.24) is 0 Å². The van der Waals surface area contributed by atoms with E-state index < -0.39 is 35.9 Å². The van der Waals surface area contributed by atoms with Crippen molar-refractivity contribution >= 4 is 33.5 Å². The van der Waals surface area contributed by atoms with Gasteiger partial charge in [-0.25, -0.2) is 13.6 Å². The van der Waals surface area contributed by atoms with E-state index in [1.54, 1.807) is 0 Å². The number of hydrogen-bond donors (Lipinski definition) is 3. The minimum Gasteiger partial charge on any atom is -0.508 e. The predicted octanol–water partition coefficient (Wildman–Crippen LogP) is 2.93. The molecular formula is C15H10BrF2NO5. The summed E-state index contributed by atoms with van der Waals surface area (Å²) in [4.78, 5) is 23.4. The lowest BCUT2D eigenvalue weighted by atomic mass is 10.2. The number of phenols is 2. The maximum atomic E-state index is 13.6. The minimum atomic E-state index is -1.01. The van der Waals surface area contributed by atoms with Gasteiger partial charge in [-0.05, 0) is 34.1 Å². The molecule has 2 aromatic rings. The van der Waals surface area contributed by atoms with Crippen LogP contribution in [0, 0.1) is 11.6 Å². The van der Waals surface area contributed by atoms with E-state index in [4.69, 9.17) is 5.11 Å². The molecule has 0 aliphatic rings. The Labute approximate surface area is 142 Å². The first-order chi connectivity index (χ1) is 11.3. The smallest absolute Gasteiger partial charge is 0.342 e. The van der Waals surface area contributed by atoms with Gasteiger partial charge >= 0.3 is 5.97 Å². The van der Waals surface area contributed by atoms with E-state index in [0.717, 1.165) is 24.3 Å². The summed E-state index contributed by atoms with van der Waals surface area (Å²) in [6, 6.07) is 4.74. The Balaban J connectivity index is 2.00. The Kier molecular flexibility index (Phi) is 5.35. The number of carbonyl (C=O) groups excluding carboxylic acids is 2. The molecule has 2 aromatic carbocycles. The third kappa shape index (κ3) is 4.19. The van der Waals surface area contributed by atoms with Crippen LogP contribution >= 0.6 is 15.9 Å². The molecule has 0 unspecified atom stereocenters. The average molecular weight is 402 g/mol. The van der Waals surface area contributed by atoms with Crippen LogP contribution in [0.2, 0.25) is 0 Å². The molecule has 0 radical (unpaired) electrons. The molecule has 1 amide bonds. The van der Waals surface area contributed by atoms with E-state index in [0.29, 0.717) is 6.07 Å². The highest BCUT2D eigenvalue weighted by Gasteiger charge is 2.17. The van der Waals surface area contributed by atoms with Crippen LogP contribution in [0.1, 0.15) is 10.4 Å². The number of carbonyl (C=O) groups is 2. The van der Waals surface area contributed by atoms with Gasteiger partial charge in [-0.1, -0.05) is 0 Å². The highest BCUT2D eigenvalue weighted by molar-refractivity contribution is 9.10. The summed E-state index contributed by atoms with van der Waals surface area (Å²) < 4.78 is 31.2. The highest BCUT2D eigenvalue weighted by Crippen LogP contribution is 2.27.